The van der Waals surface area contributed by atoms with E-state index in [9.17, 15) is 0 Å². The van der Waals surface area contributed by atoms with Gasteiger partial charge < -0.3 is 65.5 Å². The van der Waals surface area contributed by atoms with Crippen LogP contribution in [0.5, 0.6) is 69.0 Å². The third-order valence-corrected chi connectivity index (χ3v) is 8.65. The summed E-state index contributed by atoms with van der Waals surface area (Å²) in [6, 6.07) is 0. The van der Waals surface area contributed by atoms with Gasteiger partial charge in [0, 0.05) is 0 Å². The van der Waals surface area contributed by atoms with E-state index in [2.05, 4.69) is 0 Å². The fourth-order valence-corrected chi connectivity index (χ4v) is 6.87. The molecule has 48 heavy (non-hydrogen) atoms. The standard InChI is InChI=1S/C20H28B14N2O12/c21-35-5-6(10(38-24)2-1(9(5)37-23)13(41-27)17(45-31)18(46-32)14(2)42-28)36(22)8-7(35)11(39-25)3-4(12(8)40-26)16(44-30)20(48-34)19(47-33)15(3)43-29/h21-34H2. The van der Waals surface area contributed by atoms with Crippen LogP contribution in [0.3, 0.4) is 0 Å². The highest BCUT2D eigenvalue weighted by molar-refractivity contribution is 6.40. The molecule has 14 nitrogen and oxygen atoms in total. The third-order valence-electron chi connectivity index (χ3n) is 8.65. The minimum atomic E-state index is 0.319. The molecule has 0 spiro atoms. The molecule has 0 fully saturated rings. The Bertz CT molecular complexity index is 1670. The Labute approximate surface area is 290 Å². The smallest absolute Gasteiger partial charge is 0.322 e. The van der Waals surface area contributed by atoms with Crippen molar-refractivity contribution in [2.75, 3.05) is 9.62 Å². The summed E-state index contributed by atoms with van der Waals surface area (Å²) >= 11 is 0. The SMILES string of the molecule is BOc1c(OB)c(OB)c2c(OB)c3c(c(OB)c2c1OB)N(B)c1c(c(OB)c2c(OB)c(OB)c(OB)c(OB)c2c1OB)N3B. The van der Waals surface area contributed by atoms with Gasteiger partial charge in [-0.3, -0.25) is 0 Å². The van der Waals surface area contributed by atoms with Gasteiger partial charge in [-0.05, 0) is 0 Å². The first-order valence-electron chi connectivity index (χ1n) is 14.6. The third kappa shape index (κ3) is 4.47. The quantitative estimate of drug-likeness (QED) is 0.137. The van der Waals surface area contributed by atoms with Gasteiger partial charge in [0.2, 0.25) is 16.0 Å². The fraction of sp³-hybridized carbons (Fsp3) is 0. The Balaban J connectivity index is 2.12. The molecule has 0 atom stereocenters. The van der Waals surface area contributed by atoms with E-state index in [0.29, 0.717) is 113 Å². The molecule has 1 aliphatic rings. The molecule has 0 amide bonds. The van der Waals surface area contributed by atoms with Crippen molar-refractivity contribution in [3.05, 3.63) is 0 Å². The summed E-state index contributed by atoms with van der Waals surface area (Å²) < 4.78 is 72.0. The van der Waals surface area contributed by atoms with E-state index in [1.807, 2.05) is 25.6 Å². The summed E-state index contributed by atoms with van der Waals surface area (Å²) in [4.78, 5) is 3.88. The highest BCUT2D eigenvalue weighted by Gasteiger charge is 2.41. The molecule has 232 valence electrons. The van der Waals surface area contributed by atoms with E-state index in [1.165, 1.54) is 32.2 Å². The van der Waals surface area contributed by atoms with Gasteiger partial charge in [0.15, 0.2) is 46.0 Å². The van der Waals surface area contributed by atoms with Crippen LogP contribution >= 0.6 is 0 Å². The van der Waals surface area contributed by atoms with Crippen LogP contribution in [0.25, 0.3) is 21.5 Å². The predicted molar refractivity (Wildman–Crippen MR) is 219 cm³/mol. The Kier molecular flexibility index (Phi) is 9.84. The van der Waals surface area contributed by atoms with Crippen molar-refractivity contribution >= 4 is 157 Å². The van der Waals surface area contributed by atoms with Gasteiger partial charge in [-0.2, -0.15) is 0 Å². The van der Waals surface area contributed by atoms with Crippen molar-refractivity contribution in [1.29, 1.82) is 0 Å². The van der Waals surface area contributed by atoms with Gasteiger partial charge in [-0.1, -0.05) is 0 Å². The maximum absolute atomic E-state index is 6.23. The number of rotatable bonds is 12. The molecule has 4 aromatic carbocycles. The van der Waals surface area contributed by atoms with Crippen LogP contribution in [0.1, 0.15) is 0 Å². The predicted octanol–water partition coefficient (Wildman–Crippen LogP) is -9.20. The van der Waals surface area contributed by atoms with Gasteiger partial charge in [-0.15, -0.1) is 0 Å². The minimum absolute atomic E-state index is 0.319. The number of nitrogens with zero attached hydrogens (tertiary/aromatic N) is 2. The Hall–Kier alpha value is -4.49. The summed E-state index contributed by atoms with van der Waals surface area (Å²) in [6.07, 6.45) is 0. The average molecular weight is 640 g/mol. The maximum Gasteiger partial charge on any atom is 0.322 e. The molecular formula is C20H28B14N2O12. The molecule has 5 rings (SSSR count). The molecule has 1 heterocycles. The van der Waals surface area contributed by atoms with Gasteiger partial charge in [0.25, 0.3) is 0 Å². The topological polar surface area (TPSA) is 117 Å². The summed E-state index contributed by atoms with van der Waals surface area (Å²) in [7, 11) is 22.4. The van der Waals surface area contributed by atoms with E-state index in [0.717, 1.165) is 0 Å². The second-order valence-electron chi connectivity index (χ2n) is 10.4. The molecule has 0 unspecified atom stereocenters. The number of hydrogen-bond acceptors (Lipinski definition) is 14. The maximum atomic E-state index is 6.23. The van der Waals surface area contributed by atoms with Gasteiger partial charge in [-0.25, -0.2) is 0 Å². The van der Waals surface area contributed by atoms with Crippen LogP contribution in [0.15, 0.2) is 0 Å². The van der Waals surface area contributed by atoms with Crippen LogP contribution in [-0.2, 0) is 0 Å². The first kappa shape index (κ1) is 34.8. The molecule has 0 aliphatic carbocycles. The molecule has 0 bridgehead atoms. The highest BCUT2D eigenvalue weighted by atomic mass is 16.5. The number of fused-ring (bicyclic) bond motifs is 4. The molecule has 1 aliphatic heterocycles. The Morgan fingerprint density at radius 1 is 0.229 bits per heavy atom. The van der Waals surface area contributed by atoms with Crippen molar-refractivity contribution in [2.45, 2.75) is 0 Å². The number of benzene rings is 4. The second kappa shape index (κ2) is 13.6. The Morgan fingerprint density at radius 2 is 0.375 bits per heavy atom. The molecule has 0 saturated heterocycles. The molecular weight excluding hydrogens is 612 g/mol. The lowest BCUT2D eigenvalue weighted by atomic mass is 9.90. The largest absolute Gasteiger partial charge is 0.566 e. The molecule has 0 saturated carbocycles. The van der Waals surface area contributed by atoms with Crippen LogP contribution < -0.4 is 65.5 Å². The van der Waals surface area contributed by atoms with Gasteiger partial charge >= 0.3 is 96.6 Å². The summed E-state index contributed by atoms with van der Waals surface area (Å²) in [5, 5.41) is 2.13. The van der Waals surface area contributed by atoms with Crippen molar-refractivity contribution in [3.63, 3.8) is 0 Å². The normalized spacial score (nSPS) is 11.6. The van der Waals surface area contributed by atoms with Crippen molar-refractivity contribution < 1.29 is 55.9 Å². The summed E-state index contributed by atoms with van der Waals surface area (Å²) in [5.74, 6) is 4.47. The monoisotopic (exact) mass is 642 g/mol. The van der Waals surface area contributed by atoms with Gasteiger partial charge in [0.05, 0.1) is 44.3 Å². The van der Waals surface area contributed by atoms with Crippen LogP contribution in [0, 0.1) is 0 Å². The van der Waals surface area contributed by atoms with Gasteiger partial charge in [0.1, 0.15) is 23.0 Å². The van der Waals surface area contributed by atoms with Crippen molar-refractivity contribution in [3.8, 4) is 69.0 Å². The minimum Gasteiger partial charge on any atom is -0.566 e. The second-order valence-corrected chi connectivity index (χ2v) is 10.4. The van der Waals surface area contributed by atoms with Crippen LogP contribution in [0.2, 0.25) is 0 Å². The van der Waals surface area contributed by atoms with Crippen molar-refractivity contribution in [2.24, 2.45) is 0 Å². The van der Waals surface area contributed by atoms with E-state index < -0.39 is 0 Å². The summed E-state index contributed by atoms with van der Waals surface area (Å²) in [5.41, 5.74) is 2.48. The molecule has 28 heteroatoms. The summed E-state index contributed by atoms with van der Waals surface area (Å²) in [6.45, 7) is 0. The molecule has 4 aromatic rings. The zero-order valence-electron chi connectivity index (χ0n) is 29.8. The zero-order valence-corrected chi connectivity index (χ0v) is 29.8. The van der Waals surface area contributed by atoms with E-state index in [4.69, 9.17) is 55.9 Å². The number of anilines is 4. The lowest BCUT2D eigenvalue weighted by Gasteiger charge is -2.42. The lowest BCUT2D eigenvalue weighted by Crippen LogP contribution is -2.29. The zero-order chi connectivity index (χ0) is 35.2. The lowest BCUT2D eigenvalue weighted by molar-refractivity contribution is 0.483. The van der Waals surface area contributed by atoms with E-state index in [-0.39, 0.29) is 0 Å². The average Bonchev–Trinajstić information content (AvgIpc) is 3.12. The van der Waals surface area contributed by atoms with E-state index in [1.54, 1.807) is 64.4 Å². The fourth-order valence-electron chi connectivity index (χ4n) is 6.87. The first-order valence-corrected chi connectivity index (χ1v) is 14.6. The molecule has 0 radical (unpaired) electrons. The van der Waals surface area contributed by atoms with Crippen LogP contribution in [-0.4, -0.2) is 113 Å². The first-order chi connectivity index (χ1) is 23.2. The van der Waals surface area contributed by atoms with Crippen LogP contribution in [0.4, 0.5) is 22.7 Å². The van der Waals surface area contributed by atoms with Crippen molar-refractivity contribution in [1.82, 2.24) is 0 Å². The number of hydrogen-bond donors (Lipinski definition) is 0. The molecule has 0 N–H and O–H groups in total. The highest BCUT2D eigenvalue weighted by Crippen LogP contribution is 2.69. The molecule has 0 aromatic heterocycles. The van der Waals surface area contributed by atoms with E-state index >= 15 is 0 Å². The Morgan fingerprint density at radius 3 is 0.500 bits per heavy atom.